The van der Waals surface area contributed by atoms with Crippen molar-refractivity contribution >= 4 is 11.9 Å². The Morgan fingerprint density at radius 2 is 1.36 bits per heavy atom. The van der Waals surface area contributed by atoms with Crippen LogP contribution in [0.15, 0.2) is 48.5 Å². The molecule has 0 bridgehead atoms. The van der Waals surface area contributed by atoms with Crippen LogP contribution < -0.4 is 9.47 Å². The number of rotatable bonds is 11. The van der Waals surface area contributed by atoms with Crippen LogP contribution in [0.4, 0.5) is 0 Å². The van der Waals surface area contributed by atoms with Crippen molar-refractivity contribution in [3.05, 3.63) is 59.7 Å². The van der Waals surface area contributed by atoms with Gasteiger partial charge < -0.3 is 24.2 Å². The second kappa shape index (κ2) is 12.3. The Hall–Kier alpha value is -3.06. The molecule has 1 amide bonds. The zero-order chi connectivity index (χ0) is 23.6. The normalized spacial score (nSPS) is 14.3. The number of ether oxygens (including phenoxy) is 3. The molecule has 178 valence electrons. The van der Waals surface area contributed by atoms with Gasteiger partial charge in [-0.05, 0) is 72.9 Å². The Labute approximate surface area is 195 Å². The van der Waals surface area contributed by atoms with Crippen molar-refractivity contribution in [2.24, 2.45) is 11.8 Å². The van der Waals surface area contributed by atoms with E-state index in [4.69, 9.17) is 19.3 Å². The number of nitrogens with zero attached hydrogens (tertiary/aromatic N) is 1. The smallest absolute Gasteiger partial charge is 0.329 e. The molecule has 2 aromatic rings. The molecule has 0 aliphatic carbocycles. The average Bonchev–Trinajstić information content (AvgIpc) is 2.84. The number of piperidine rings is 1. The van der Waals surface area contributed by atoms with Crippen molar-refractivity contribution in [3.63, 3.8) is 0 Å². The predicted molar refractivity (Wildman–Crippen MR) is 125 cm³/mol. The topological polar surface area (TPSA) is 85.3 Å². The van der Waals surface area contributed by atoms with E-state index in [1.807, 2.05) is 24.3 Å². The fourth-order valence-corrected chi connectivity index (χ4v) is 4.47. The molecule has 3 rings (SSSR count). The molecule has 0 radical (unpaired) electrons. The van der Waals surface area contributed by atoms with Crippen LogP contribution in [0, 0.1) is 11.8 Å². The first kappa shape index (κ1) is 24.6. The first-order chi connectivity index (χ1) is 16.0. The van der Waals surface area contributed by atoms with Gasteiger partial charge in [-0.2, -0.15) is 0 Å². The van der Waals surface area contributed by atoms with Crippen molar-refractivity contribution in [1.82, 2.24) is 4.90 Å². The monoisotopic (exact) mass is 455 g/mol. The lowest BCUT2D eigenvalue weighted by molar-refractivity contribution is -0.146. The summed E-state index contributed by atoms with van der Waals surface area (Å²) in [6, 6.07) is 16.5. The van der Waals surface area contributed by atoms with E-state index in [2.05, 4.69) is 24.3 Å². The van der Waals surface area contributed by atoms with Gasteiger partial charge in [-0.3, -0.25) is 4.79 Å². The van der Waals surface area contributed by atoms with E-state index in [9.17, 15) is 9.59 Å². The molecular formula is C26H33NO6. The number of aliphatic carboxylic acids is 1. The van der Waals surface area contributed by atoms with Crippen LogP contribution in [0.1, 0.15) is 24.0 Å². The van der Waals surface area contributed by atoms with Crippen LogP contribution in [0.3, 0.4) is 0 Å². The Bertz CT molecular complexity index is 839. The van der Waals surface area contributed by atoms with E-state index < -0.39 is 12.6 Å². The molecule has 1 N–H and O–H groups in total. The van der Waals surface area contributed by atoms with Gasteiger partial charge in [-0.15, -0.1) is 0 Å². The second-order valence-electron chi connectivity index (χ2n) is 8.47. The third-order valence-electron chi connectivity index (χ3n) is 6.32. The number of methoxy groups -OCH3 is 2. The number of hydrogen-bond donors (Lipinski definition) is 1. The molecule has 0 aromatic heterocycles. The van der Waals surface area contributed by atoms with E-state index in [1.165, 1.54) is 11.1 Å². The van der Waals surface area contributed by atoms with E-state index >= 15 is 0 Å². The zero-order valence-corrected chi connectivity index (χ0v) is 19.4. The highest BCUT2D eigenvalue weighted by atomic mass is 16.5. The summed E-state index contributed by atoms with van der Waals surface area (Å²) in [4.78, 5) is 24.7. The van der Waals surface area contributed by atoms with E-state index in [1.54, 1.807) is 19.1 Å². The lowest BCUT2D eigenvalue weighted by Gasteiger charge is -2.36. The van der Waals surface area contributed by atoms with Crippen molar-refractivity contribution in [3.8, 4) is 11.5 Å². The van der Waals surface area contributed by atoms with Crippen LogP contribution in [-0.2, 0) is 27.2 Å². The highest BCUT2D eigenvalue weighted by Crippen LogP contribution is 2.31. The van der Waals surface area contributed by atoms with Crippen molar-refractivity contribution < 1.29 is 28.9 Å². The first-order valence-corrected chi connectivity index (χ1v) is 11.3. The van der Waals surface area contributed by atoms with E-state index in [0.29, 0.717) is 24.9 Å². The molecule has 0 unspecified atom stereocenters. The summed E-state index contributed by atoms with van der Waals surface area (Å²) in [6.07, 6.45) is 3.75. The van der Waals surface area contributed by atoms with Gasteiger partial charge in [-0.1, -0.05) is 24.3 Å². The molecule has 1 aliphatic rings. The third-order valence-corrected chi connectivity index (χ3v) is 6.32. The van der Waals surface area contributed by atoms with Gasteiger partial charge in [0.1, 0.15) is 24.7 Å². The van der Waals surface area contributed by atoms with Crippen LogP contribution in [0.5, 0.6) is 11.5 Å². The first-order valence-electron chi connectivity index (χ1n) is 11.3. The quantitative estimate of drug-likeness (QED) is 0.559. The molecule has 1 heterocycles. The zero-order valence-electron chi connectivity index (χ0n) is 19.4. The summed E-state index contributed by atoms with van der Waals surface area (Å²) in [7, 11) is 3.34. The maximum absolute atomic E-state index is 12.3. The van der Waals surface area contributed by atoms with Gasteiger partial charge in [0.15, 0.2) is 0 Å². The molecule has 1 fully saturated rings. The largest absolute Gasteiger partial charge is 0.497 e. The summed E-state index contributed by atoms with van der Waals surface area (Å²) in [5.41, 5.74) is 2.55. The minimum atomic E-state index is -1.07. The molecule has 1 aliphatic heterocycles. The van der Waals surface area contributed by atoms with Gasteiger partial charge in [0.25, 0.3) is 0 Å². The molecule has 0 spiro atoms. The van der Waals surface area contributed by atoms with Gasteiger partial charge in [-0.25, -0.2) is 4.79 Å². The Balaban J connectivity index is 1.64. The molecule has 33 heavy (non-hydrogen) atoms. The molecule has 2 aromatic carbocycles. The van der Waals surface area contributed by atoms with Crippen LogP contribution in [0.2, 0.25) is 0 Å². The lowest BCUT2D eigenvalue weighted by atomic mass is 9.77. The summed E-state index contributed by atoms with van der Waals surface area (Å²) >= 11 is 0. The number of benzene rings is 2. The summed E-state index contributed by atoms with van der Waals surface area (Å²) in [5.74, 6) is 1.41. The molecule has 0 saturated carbocycles. The summed E-state index contributed by atoms with van der Waals surface area (Å²) in [6.45, 7) is 0.704. The third kappa shape index (κ3) is 7.49. The number of carbonyl (C=O) groups excluding carboxylic acids is 1. The highest BCUT2D eigenvalue weighted by molar-refractivity contribution is 5.78. The standard InChI is InChI=1S/C26H33NO6/c1-31-23-7-3-19(4-8-23)15-22(16-20-5-9-24(32-2)10-6-20)21-11-13-27(14-12-21)25(28)17-33-18-26(29)30/h3-10,21-22H,11-18H2,1-2H3,(H,29,30). The number of carboxylic acid groups (broad SMARTS) is 1. The Morgan fingerprint density at radius 3 is 1.79 bits per heavy atom. The van der Waals surface area contributed by atoms with E-state index in [0.717, 1.165) is 37.2 Å². The molecular weight excluding hydrogens is 422 g/mol. The van der Waals surface area contributed by atoms with Crippen LogP contribution in [-0.4, -0.2) is 62.4 Å². The van der Waals surface area contributed by atoms with Crippen LogP contribution in [0.25, 0.3) is 0 Å². The number of carboxylic acids is 1. The number of amides is 1. The van der Waals surface area contributed by atoms with E-state index in [-0.39, 0.29) is 12.5 Å². The minimum Gasteiger partial charge on any atom is -0.497 e. The number of hydrogen-bond acceptors (Lipinski definition) is 5. The SMILES string of the molecule is COc1ccc(CC(Cc2ccc(OC)cc2)C2CCN(C(=O)COCC(=O)O)CC2)cc1. The van der Waals surface area contributed by atoms with Crippen LogP contribution >= 0.6 is 0 Å². The van der Waals surface area contributed by atoms with Gasteiger partial charge in [0.05, 0.1) is 14.2 Å². The number of likely N-dealkylation sites (tertiary alicyclic amines) is 1. The average molecular weight is 456 g/mol. The van der Waals surface area contributed by atoms with Gasteiger partial charge >= 0.3 is 5.97 Å². The fraction of sp³-hybridized carbons (Fsp3) is 0.462. The maximum Gasteiger partial charge on any atom is 0.329 e. The molecule has 1 saturated heterocycles. The predicted octanol–water partition coefficient (Wildman–Crippen LogP) is 3.45. The minimum absolute atomic E-state index is 0.142. The highest BCUT2D eigenvalue weighted by Gasteiger charge is 2.29. The van der Waals surface area contributed by atoms with Crippen molar-refractivity contribution in [2.75, 3.05) is 40.5 Å². The van der Waals surface area contributed by atoms with Gasteiger partial charge in [0.2, 0.25) is 5.91 Å². The maximum atomic E-state index is 12.3. The fourth-order valence-electron chi connectivity index (χ4n) is 4.47. The number of carbonyl (C=O) groups is 2. The van der Waals surface area contributed by atoms with Gasteiger partial charge in [0, 0.05) is 13.1 Å². The second-order valence-corrected chi connectivity index (χ2v) is 8.47. The Morgan fingerprint density at radius 1 is 0.879 bits per heavy atom. The summed E-state index contributed by atoms with van der Waals surface area (Å²) in [5, 5.41) is 8.67. The molecule has 0 atom stereocenters. The Kier molecular flexibility index (Phi) is 9.13. The van der Waals surface area contributed by atoms with Crippen molar-refractivity contribution in [2.45, 2.75) is 25.7 Å². The molecule has 7 nitrogen and oxygen atoms in total. The molecule has 7 heteroatoms. The van der Waals surface area contributed by atoms with Crippen molar-refractivity contribution in [1.29, 1.82) is 0 Å². The lowest BCUT2D eigenvalue weighted by Crippen LogP contribution is -2.42. The summed E-state index contributed by atoms with van der Waals surface area (Å²) < 4.78 is 15.6.